The molecule has 0 aromatic carbocycles. The minimum absolute atomic E-state index is 0.0463. The molecule has 2 rings (SSSR count). The van der Waals surface area contributed by atoms with Crippen LogP contribution in [0, 0.1) is 11.8 Å². The maximum Gasteiger partial charge on any atom is 0.161 e. The number of ether oxygens (including phenoxy) is 1. The molecule has 0 amide bonds. The zero-order valence-corrected chi connectivity index (χ0v) is 12.4. The van der Waals surface area contributed by atoms with Crippen LogP contribution in [0.3, 0.4) is 0 Å². The predicted molar refractivity (Wildman–Crippen MR) is 77.0 cm³/mol. The van der Waals surface area contributed by atoms with Crippen LogP contribution in [0.15, 0.2) is 6.20 Å². The molecule has 1 aromatic heterocycles. The minimum atomic E-state index is 0.0463. The Labute approximate surface area is 116 Å². The Morgan fingerprint density at radius 2 is 2.11 bits per heavy atom. The number of hydrogen-bond donors (Lipinski definition) is 1. The van der Waals surface area contributed by atoms with Crippen LogP contribution in [0.1, 0.15) is 57.2 Å². The van der Waals surface area contributed by atoms with Crippen molar-refractivity contribution in [3.05, 3.63) is 11.9 Å². The Kier molecular flexibility index (Phi) is 4.86. The van der Waals surface area contributed by atoms with Crippen molar-refractivity contribution in [3.63, 3.8) is 0 Å². The average Bonchev–Trinajstić information content (AvgIpc) is 2.80. The second-order valence-corrected chi connectivity index (χ2v) is 5.82. The molecule has 0 spiro atoms. The number of methoxy groups -OCH3 is 1. The molecule has 4 heteroatoms. The smallest absolute Gasteiger partial charge is 0.161 e. The van der Waals surface area contributed by atoms with Gasteiger partial charge in [-0.1, -0.05) is 32.6 Å². The Bertz CT molecular complexity index is 394. The number of aryl methyl sites for hydroxylation is 1. The summed E-state index contributed by atoms with van der Waals surface area (Å²) in [5, 5.41) is 4.26. The summed E-state index contributed by atoms with van der Waals surface area (Å²) in [6.45, 7) is 2.28. The topological polar surface area (TPSA) is 53.1 Å². The molecular formula is C15H27N3O. The predicted octanol–water partition coefficient (Wildman–Crippen LogP) is 3.04. The molecule has 1 saturated carbocycles. The van der Waals surface area contributed by atoms with E-state index in [1.807, 2.05) is 11.7 Å². The molecule has 1 unspecified atom stereocenters. The highest BCUT2D eigenvalue weighted by Gasteiger charge is 2.29. The van der Waals surface area contributed by atoms with Gasteiger partial charge in [-0.2, -0.15) is 5.10 Å². The summed E-state index contributed by atoms with van der Waals surface area (Å²) in [7, 11) is 3.63. The number of nitrogens with zero attached hydrogens (tertiary/aromatic N) is 2. The lowest BCUT2D eigenvalue weighted by Gasteiger charge is -2.32. The van der Waals surface area contributed by atoms with Crippen molar-refractivity contribution in [3.8, 4) is 5.75 Å². The van der Waals surface area contributed by atoms with Crippen LogP contribution in [0.4, 0.5) is 0 Å². The summed E-state index contributed by atoms with van der Waals surface area (Å²) in [4.78, 5) is 0. The molecule has 0 bridgehead atoms. The molecule has 0 saturated heterocycles. The fourth-order valence-corrected chi connectivity index (χ4v) is 3.43. The van der Waals surface area contributed by atoms with Crippen LogP contribution < -0.4 is 10.5 Å². The largest absolute Gasteiger partial charge is 0.493 e. The van der Waals surface area contributed by atoms with E-state index in [9.17, 15) is 0 Å². The Balaban J connectivity index is 2.01. The van der Waals surface area contributed by atoms with Crippen molar-refractivity contribution in [2.75, 3.05) is 7.11 Å². The Hall–Kier alpha value is -1.03. The summed E-state index contributed by atoms with van der Waals surface area (Å²) < 4.78 is 7.24. The fourth-order valence-electron chi connectivity index (χ4n) is 3.43. The lowest BCUT2D eigenvalue weighted by atomic mass is 9.76. The van der Waals surface area contributed by atoms with Gasteiger partial charge in [-0.25, -0.2) is 0 Å². The van der Waals surface area contributed by atoms with Crippen LogP contribution in [-0.4, -0.2) is 16.9 Å². The molecule has 2 N–H and O–H groups in total. The van der Waals surface area contributed by atoms with Gasteiger partial charge >= 0.3 is 0 Å². The van der Waals surface area contributed by atoms with E-state index in [0.717, 1.165) is 17.4 Å². The number of hydrogen-bond acceptors (Lipinski definition) is 3. The molecular weight excluding hydrogens is 238 g/mol. The van der Waals surface area contributed by atoms with E-state index in [4.69, 9.17) is 10.5 Å². The highest BCUT2D eigenvalue weighted by molar-refractivity contribution is 5.28. The van der Waals surface area contributed by atoms with Gasteiger partial charge in [0.25, 0.3) is 0 Å². The van der Waals surface area contributed by atoms with Crippen LogP contribution in [0.5, 0.6) is 5.75 Å². The van der Waals surface area contributed by atoms with Gasteiger partial charge in [0.1, 0.15) is 0 Å². The van der Waals surface area contributed by atoms with Crippen molar-refractivity contribution in [1.29, 1.82) is 0 Å². The van der Waals surface area contributed by atoms with Crippen LogP contribution in [0.2, 0.25) is 0 Å². The van der Waals surface area contributed by atoms with E-state index in [2.05, 4.69) is 12.0 Å². The van der Waals surface area contributed by atoms with Crippen LogP contribution >= 0.6 is 0 Å². The van der Waals surface area contributed by atoms with E-state index in [1.54, 1.807) is 13.3 Å². The molecule has 1 atom stereocenters. The summed E-state index contributed by atoms with van der Waals surface area (Å²) in [5.41, 5.74) is 7.51. The first-order chi connectivity index (χ1) is 9.17. The number of nitrogens with two attached hydrogens (primary N) is 1. The highest BCUT2D eigenvalue weighted by Crippen LogP contribution is 2.39. The van der Waals surface area contributed by atoms with Gasteiger partial charge in [0.05, 0.1) is 25.0 Å². The van der Waals surface area contributed by atoms with E-state index in [1.165, 1.54) is 38.5 Å². The third kappa shape index (κ3) is 3.11. The first kappa shape index (κ1) is 14.4. The molecule has 1 aliphatic carbocycles. The lowest BCUT2D eigenvalue weighted by molar-refractivity contribution is 0.228. The molecule has 19 heavy (non-hydrogen) atoms. The second-order valence-electron chi connectivity index (χ2n) is 5.82. The van der Waals surface area contributed by atoms with Crippen molar-refractivity contribution in [2.24, 2.45) is 24.6 Å². The van der Waals surface area contributed by atoms with Crippen molar-refractivity contribution in [1.82, 2.24) is 9.78 Å². The van der Waals surface area contributed by atoms with Crippen LogP contribution in [-0.2, 0) is 7.05 Å². The van der Waals surface area contributed by atoms with Gasteiger partial charge < -0.3 is 10.5 Å². The maximum atomic E-state index is 6.47. The maximum absolute atomic E-state index is 6.47. The molecule has 1 aliphatic rings. The third-order valence-corrected chi connectivity index (χ3v) is 4.58. The Morgan fingerprint density at radius 1 is 1.42 bits per heavy atom. The number of aromatic nitrogens is 2. The molecule has 0 radical (unpaired) electrons. The zero-order chi connectivity index (χ0) is 13.8. The average molecular weight is 265 g/mol. The number of rotatable bonds is 5. The monoisotopic (exact) mass is 265 g/mol. The Morgan fingerprint density at radius 3 is 2.68 bits per heavy atom. The SMILES string of the molecule is CCCC1CCC(C(N)c2c(OC)cnn2C)CC1. The van der Waals surface area contributed by atoms with E-state index in [-0.39, 0.29) is 6.04 Å². The zero-order valence-electron chi connectivity index (χ0n) is 12.4. The quantitative estimate of drug-likeness (QED) is 0.890. The van der Waals surface area contributed by atoms with E-state index in [0.29, 0.717) is 5.92 Å². The second kappa shape index (κ2) is 6.42. The van der Waals surface area contributed by atoms with Crippen molar-refractivity contribution >= 4 is 0 Å². The van der Waals surface area contributed by atoms with Crippen molar-refractivity contribution in [2.45, 2.75) is 51.5 Å². The standard InChI is InChI=1S/C15H27N3O/c1-4-5-11-6-8-12(9-7-11)14(16)15-13(19-3)10-17-18(15)2/h10-12,14H,4-9,16H2,1-3H3. The fraction of sp³-hybridized carbons (Fsp3) is 0.800. The van der Waals surface area contributed by atoms with Crippen LogP contribution in [0.25, 0.3) is 0 Å². The first-order valence-electron chi connectivity index (χ1n) is 7.48. The normalized spacial score (nSPS) is 25.3. The van der Waals surface area contributed by atoms with E-state index < -0.39 is 0 Å². The lowest BCUT2D eigenvalue weighted by Crippen LogP contribution is -2.28. The summed E-state index contributed by atoms with van der Waals surface area (Å²) >= 11 is 0. The summed E-state index contributed by atoms with van der Waals surface area (Å²) in [6.07, 6.45) is 9.56. The summed E-state index contributed by atoms with van der Waals surface area (Å²) in [6, 6.07) is 0.0463. The molecule has 1 aromatic rings. The minimum Gasteiger partial charge on any atom is -0.493 e. The van der Waals surface area contributed by atoms with Gasteiger partial charge in [-0.05, 0) is 24.7 Å². The van der Waals surface area contributed by atoms with Gasteiger partial charge in [0.2, 0.25) is 0 Å². The third-order valence-electron chi connectivity index (χ3n) is 4.58. The van der Waals surface area contributed by atoms with Gasteiger partial charge in [0, 0.05) is 7.05 Å². The van der Waals surface area contributed by atoms with Gasteiger partial charge in [0.15, 0.2) is 5.75 Å². The molecule has 1 fully saturated rings. The molecule has 1 heterocycles. The molecule has 108 valence electrons. The van der Waals surface area contributed by atoms with Gasteiger partial charge in [-0.15, -0.1) is 0 Å². The van der Waals surface area contributed by atoms with Gasteiger partial charge in [-0.3, -0.25) is 4.68 Å². The molecule has 0 aliphatic heterocycles. The first-order valence-corrected chi connectivity index (χ1v) is 7.48. The summed E-state index contributed by atoms with van der Waals surface area (Å²) in [5.74, 6) is 2.31. The van der Waals surface area contributed by atoms with E-state index >= 15 is 0 Å². The van der Waals surface area contributed by atoms with Crippen molar-refractivity contribution < 1.29 is 4.74 Å². The molecule has 4 nitrogen and oxygen atoms in total. The highest BCUT2D eigenvalue weighted by atomic mass is 16.5.